The zero-order chi connectivity index (χ0) is 15.4. The minimum atomic E-state index is -0.688. The number of carbonyl (C=O) groups excluding carboxylic acids is 1. The Kier molecular flexibility index (Phi) is 5.61. The molecule has 114 valence electrons. The lowest BCUT2D eigenvalue weighted by atomic mass is 9.82. The topological polar surface area (TPSA) is 66.4 Å². The summed E-state index contributed by atoms with van der Waals surface area (Å²) in [6, 6.07) is 5.72. The Balaban J connectivity index is 1.85. The average molecular weight is 401 g/mol. The summed E-state index contributed by atoms with van der Waals surface area (Å²) in [5.41, 5.74) is 1.82. The van der Waals surface area contributed by atoms with Gasteiger partial charge < -0.3 is 10.4 Å². The molecule has 1 saturated carbocycles. The number of amides is 1. The summed E-state index contributed by atoms with van der Waals surface area (Å²) in [6.45, 7) is 2.63. The van der Waals surface area contributed by atoms with Crippen LogP contribution >= 0.6 is 22.6 Å². The molecule has 5 heteroatoms. The molecular weight excluding hydrogens is 381 g/mol. The molecule has 0 saturated heterocycles. The number of hydrogen-bond acceptors (Lipinski definition) is 2. The summed E-state index contributed by atoms with van der Waals surface area (Å²) in [5.74, 6) is -0.531. The number of carboxylic acid groups (broad SMARTS) is 1. The molecule has 21 heavy (non-hydrogen) atoms. The molecule has 1 aromatic rings. The second kappa shape index (κ2) is 7.24. The van der Waals surface area contributed by atoms with E-state index in [2.05, 4.69) is 27.9 Å². The molecule has 1 fully saturated rings. The minimum Gasteiger partial charge on any atom is -0.481 e. The molecule has 0 radical (unpaired) electrons. The summed E-state index contributed by atoms with van der Waals surface area (Å²) < 4.78 is 0.988. The Morgan fingerprint density at radius 3 is 2.57 bits per heavy atom. The number of halogens is 1. The van der Waals surface area contributed by atoms with Gasteiger partial charge in [0, 0.05) is 10.1 Å². The zero-order valence-electron chi connectivity index (χ0n) is 12.1. The second-order valence-corrected chi connectivity index (χ2v) is 6.78. The van der Waals surface area contributed by atoms with Crippen molar-refractivity contribution < 1.29 is 14.7 Å². The Labute approximate surface area is 138 Å². The number of carboxylic acids is 1. The van der Waals surface area contributed by atoms with Gasteiger partial charge in [-0.25, -0.2) is 0 Å². The summed E-state index contributed by atoms with van der Waals surface area (Å²) in [4.78, 5) is 23.1. The normalized spacial score (nSPS) is 21.8. The predicted octanol–water partition coefficient (Wildman–Crippen LogP) is 3.22. The van der Waals surface area contributed by atoms with Crippen LogP contribution in [0.5, 0.6) is 0 Å². The summed E-state index contributed by atoms with van der Waals surface area (Å²) in [5, 5.41) is 12.0. The van der Waals surface area contributed by atoms with Gasteiger partial charge in [0.05, 0.1) is 11.5 Å². The summed E-state index contributed by atoms with van der Waals surface area (Å²) in [7, 11) is 0. The van der Waals surface area contributed by atoms with Gasteiger partial charge in [0.2, 0.25) is 0 Å². The molecular formula is C16H20INO3. The summed E-state index contributed by atoms with van der Waals surface area (Å²) in [6.07, 6.45) is 3.19. The molecule has 0 aromatic heterocycles. The maximum atomic E-state index is 12.2. The third-order valence-electron chi connectivity index (χ3n) is 4.18. The number of benzene rings is 1. The fraction of sp³-hybridized carbons (Fsp3) is 0.500. The molecule has 1 amide bonds. The lowest BCUT2D eigenvalue weighted by molar-refractivity contribution is -0.143. The number of nitrogens with one attached hydrogen (secondary N) is 1. The molecule has 0 spiro atoms. The van der Waals surface area contributed by atoms with E-state index in [1.54, 1.807) is 0 Å². The Morgan fingerprint density at radius 1 is 1.29 bits per heavy atom. The second-order valence-electron chi connectivity index (χ2n) is 5.70. The highest BCUT2D eigenvalue weighted by Gasteiger charge is 2.26. The van der Waals surface area contributed by atoms with Gasteiger partial charge in [-0.1, -0.05) is 12.1 Å². The SMILES string of the molecule is Cc1cccc(C(=O)NCC2CCC(C(=O)O)CC2)c1I. The van der Waals surface area contributed by atoms with E-state index >= 15 is 0 Å². The molecule has 2 N–H and O–H groups in total. The Bertz CT molecular complexity index is 536. The van der Waals surface area contributed by atoms with Crippen LogP contribution in [0.1, 0.15) is 41.6 Å². The minimum absolute atomic E-state index is 0.0385. The molecule has 1 aliphatic carbocycles. The third-order valence-corrected chi connectivity index (χ3v) is 5.62. The van der Waals surface area contributed by atoms with Crippen LogP contribution in [-0.2, 0) is 4.79 Å². The third kappa shape index (κ3) is 4.18. The van der Waals surface area contributed by atoms with E-state index in [1.165, 1.54) is 0 Å². The summed E-state index contributed by atoms with van der Waals surface area (Å²) >= 11 is 2.20. The first-order chi connectivity index (χ1) is 9.99. The van der Waals surface area contributed by atoms with Crippen molar-refractivity contribution in [2.75, 3.05) is 6.54 Å². The fourth-order valence-corrected chi connectivity index (χ4v) is 3.37. The van der Waals surface area contributed by atoms with Crippen molar-refractivity contribution in [1.29, 1.82) is 0 Å². The van der Waals surface area contributed by atoms with E-state index in [0.717, 1.165) is 40.4 Å². The molecule has 0 unspecified atom stereocenters. The zero-order valence-corrected chi connectivity index (χ0v) is 14.2. The number of hydrogen-bond donors (Lipinski definition) is 2. The largest absolute Gasteiger partial charge is 0.481 e. The van der Waals surface area contributed by atoms with E-state index in [9.17, 15) is 9.59 Å². The van der Waals surface area contributed by atoms with E-state index < -0.39 is 5.97 Å². The molecule has 1 aliphatic rings. The maximum Gasteiger partial charge on any atom is 0.306 e. The number of aliphatic carboxylic acids is 1. The van der Waals surface area contributed by atoms with E-state index in [-0.39, 0.29) is 11.8 Å². The van der Waals surface area contributed by atoms with Crippen LogP contribution in [-0.4, -0.2) is 23.5 Å². The standard InChI is InChI=1S/C16H20INO3/c1-10-3-2-4-13(14(10)17)15(19)18-9-11-5-7-12(8-6-11)16(20)21/h2-4,11-12H,5-9H2,1H3,(H,18,19)(H,20,21). The predicted molar refractivity (Wildman–Crippen MR) is 89.3 cm³/mol. The van der Waals surface area contributed by atoms with Crippen LogP contribution in [0.25, 0.3) is 0 Å². The quantitative estimate of drug-likeness (QED) is 0.762. The van der Waals surface area contributed by atoms with Gasteiger partial charge in [-0.15, -0.1) is 0 Å². The first kappa shape index (κ1) is 16.3. The van der Waals surface area contributed by atoms with Crippen molar-refractivity contribution in [2.24, 2.45) is 11.8 Å². The molecule has 1 aromatic carbocycles. The molecule has 0 bridgehead atoms. The van der Waals surface area contributed by atoms with Crippen molar-refractivity contribution in [2.45, 2.75) is 32.6 Å². The molecule has 0 aliphatic heterocycles. The van der Waals surface area contributed by atoms with E-state index in [0.29, 0.717) is 12.5 Å². The van der Waals surface area contributed by atoms with Gasteiger partial charge in [-0.05, 0) is 72.7 Å². The molecule has 0 heterocycles. The van der Waals surface area contributed by atoms with Crippen LogP contribution < -0.4 is 5.32 Å². The van der Waals surface area contributed by atoms with E-state index in [4.69, 9.17) is 5.11 Å². The fourth-order valence-electron chi connectivity index (χ4n) is 2.77. The van der Waals surface area contributed by atoms with Gasteiger partial charge in [0.15, 0.2) is 0 Å². The Morgan fingerprint density at radius 2 is 1.95 bits per heavy atom. The van der Waals surface area contributed by atoms with Crippen LogP contribution in [0.4, 0.5) is 0 Å². The van der Waals surface area contributed by atoms with Crippen molar-refractivity contribution >= 4 is 34.5 Å². The van der Waals surface area contributed by atoms with Crippen LogP contribution in [0.2, 0.25) is 0 Å². The van der Waals surface area contributed by atoms with Gasteiger partial charge in [0.1, 0.15) is 0 Å². The van der Waals surface area contributed by atoms with Crippen LogP contribution in [0.3, 0.4) is 0 Å². The molecule has 2 rings (SSSR count). The monoisotopic (exact) mass is 401 g/mol. The first-order valence-corrected chi connectivity index (χ1v) is 8.33. The lowest BCUT2D eigenvalue weighted by Crippen LogP contribution is -2.32. The van der Waals surface area contributed by atoms with Gasteiger partial charge in [-0.3, -0.25) is 9.59 Å². The highest BCUT2D eigenvalue weighted by molar-refractivity contribution is 14.1. The lowest BCUT2D eigenvalue weighted by Gasteiger charge is -2.26. The first-order valence-electron chi connectivity index (χ1n) is 7.25. The van der Waals surface area contributed by atoms with Crippen LogP contribution in [0, 0.1) is 22.3 Å². The highest BCUT2D eigenvalue weighted by atomic mass is 127. The number of rotatable bonds is 4. The molecule has 0 atom stereocenters. The van der Waals surface area contributed by atoms with Crippen molar-refractivity contribution in [3.05, 3.63) is 32.9 Å². The highest BCUT2D eigenvalue weighted by Crippen LogP contribution is 2.28. The number of aryl methyl sites for hydroxylation is 1. The maximum absolute atomic E-state index is 12.2. The van der Waals surface area contributed by atoms with Crippen molar-refractivity contribution in [3.63, 3.8) is 0 Å². The van der Waals surface area contributed by atoms with Crippen LogP contribution in [0.15, 0.2) is 18.2 Å². The molecule has 4 nitrogen and oxygen atoms in total. The van der Waals surface area contributed by atoms with Gasteiger partial charge in [0.25, 0.3) is 5.91 Å². The average Bonchev–Trinajstić information content (AvgIpc) is 2.48. The van der Waals surface area contributed by atoms with Gasteiger partial charge in [-0.2, -0.15) is 0 Å². The van der Waals surface area contributed by atoms with Crippen molar-refractivity contribution in [3.8, 4) is 0 Å². The number of carbonyl (C=O) groups is 2. The van der Waals surface area contributed by atoms with Gasteiger partial charge >= 0.3 is 5.97 Å². The van der Waals surface area contributed by atoms with E-state index in [1.807, 2.05) is 25.1 Å². The Hall–Kier alpha value is -1.11. The smallest absolute Gasteiger partial charge is 0.306 e. The van der Waals surface area contributed by atoms with Crippen molar-refractivity contribution in [1.82, 2.24) is 5.32 Å².